The standard InChI is InChI=1S/C25H20Br2N2O4/c1-3-11-32-24-20(26)12-18(13-21(24)27)15-28-29-25(30)19-9-10-22(23(14-19)31-2)33-16-17-7-5-4-6-8-17/h1,4-10,12-15H,11,16H2,2H3,(H,29,30)/b28-15+. The molecular formula is C25H20Br2N2O4. The molecule has 0 spiro atoms. The molecule has 0 aliphatic heterocycles. The third-order valence-corrected chi connectivity index (χ3v) is 5.54. The van der Waals surface area contributed by atoms with Crippen LogP contribution in [0.3, 0.4) is 0 Å². The number of rotatable bonds is 9. The van der Waals surface area contributed by atoms with Crippen molar-refractivity contribution >= 4 is 44.0 Å². The molecule has 8 heteroatoms. The van der Waals surface area contributed by atoms with E-state index < -0.39 is 0 Å². The number of terminal acetylenes is 1. The van der Waals surface area contributed by atoms with Crippen molar-refractivity contribution in [2.45, 2.75) is 6.61 Å². The lowest BCUT2D eigenvalue weighted by molar-refractivity contribution is 0.0954. The van der Waals surface area contributed by atoms with Crippen LogP contribution < -0.4 is 19.6 Å². The second-order valence-corrected chi connectivity index (χ2v) is 8.35. The van der Waals surface area contributed by atoms with Crippen LogP contribution in [0.5, 0.6) is 17.2 Å². The van der Waals surface area contributed by atoms with E-state index in [1.807, 2.05) is 30.3 Å². The van der Waals surface area contributed by atoms with Gasteiger partial charge in [0.2, 0.25) is 0 Å². The number of nitrogens with one attached hydrogen (secondary N) is 1. The fourth-order valence-corrected chi connectivity index (χ4v) is 4.25. The van der Waals surface area contributed by atoms with E-state index in [2.05, 4.69) is 48.3 Å². The lowest BCUT2D eigenvalue weighted by atomic mass is 10.2. The Balaban J connectivity index is 1.64. The monoisotopic (exact) mass is 570 g/mol. The SMILES string of the molecule is C#CCOc1c(Br)cc(/C=N/NC(=O)c2ccc(OCc3ccccc3)c(OC)c2)cc1Br. The number of hydrogen-bond acceptors (Lipinski definition) is 5. The zero-order valence-electron chi connectivity index (χ0n) is 17.7. The van der Waals surface area contributed by atoms with Gasteiger partial charge in [0.15, 0.2) is 11.5 Å². The summed E-state index contributed by atoms with van der Waals surface area (Å²) in [4.78, 5) is 12.5. The van der Waals surface area contributed by atoms with Crippen molar-refractivity contribution in [2.24, 2.45) is 5.10 Å². The predicted molar refractivity (Wildman–Crippen MR) is 135 cm³/mol. The molecule has 0 aromatic heterocycles. The molecule has 0 saturated carbocycles. The van der Waals surface area contributed by atoms with Gasteiger partial charge in [-0.3, -0.25) is 4.79 Å². The van der Waals surface area contributed by atoms with Gasteiger partial charge in [0.1, 0.15) is 19.0 Å². The zero-order valence-corrected chi connectivity index (χ0v) is 20.9. The molecule has 0 aliphatic carbocycles. The maximum atomic E-state index is 12.5. The smallest absolute Gasteiger partial charge is 0.271 e. The molecule has 0 radical (unpaired) electrons. The number of benzene rings is 3. The number of nitrogens with zero attached hydrogens (tertiary/aromatic N) is 1. The lowest BCUT2D eigenvalue weighted by Gasteiger charge is -2.12. The van der Waals surface area contributed by atoms with E-state index in [4.69, 9.17) is 20.6 Å². The van der Waals surface area contributed by atoms with Gasteiger partial charge >= 0.3 is 0 Å². The summed E-state index contributed by atoms with van der Waals surface area (Å²) >= 11 is 6.88. The molecule has 0 fully saturated rings. The van der Waals surface area contributed by atoms with Crippen LogP contribution in [0, 0.1) is 12.3 Å². The third kappa shape index (κ3) is 6.85. The van der Waals surface area contributed by atoms with Crippen molar-refractivity contribution in [2.75, 3.05) is 13.7 Å². The second kappa shape index (κ2) is 12.1. The molecular weight excluding hydrogens is 552 g/mol. The fraction of sp³-hybridized carbons (Fsp3) is 0.120. The largest absolute Gasteiger partial charge is 0.493 e. The summed E-state index contributed by atoms with van der Waals surface area (Å²) in [6.45, 7) is 0.547. The van der Waals surface area contributed by atoms with Crippen LogP contribution in [0.15, 0.2) is 74.7 Å². The molecule has 0 saturated heterocycles. The number of hydrogen-bond donors (Lipinski definition) is 1. The molecule has 3 aromatic carbocycles. The first kappa shape index (κ1) is 24.4. The highest BCUT2D eigenvalue weighted by Gasteiger charge is 2.12. The summed E-state index contributed by atoms with van der Waals surface area (Å²) < 4.78 is 18.1. The highest BCUT2D eigenvalue weighted by Crippen LogP contribution is 2.34. The second-order valence-electron chi connectivity index (χ2n) is 6.65. The fourth-order valence-electron chi connectivity index (χ4n) is 2.80. The normalized spacial score (nSPS) is 10.5. The number of amides is 1. The Hall–Kier alpha value is -3.28. The van der Waals surface area contributed by atoms with E-state index in [1.165, 1.54) is 13.3 Å². The minimum atomic E-state index is -0.383. The minimum Gasteiger partial charge on any atom is -0.493 e. The van der Waals surface area contributed by atoms with Gasteiger partial charge in [-0.15, -0.1) is 6.42 Å². The summed E-state index contributed by atoms with van der Waals surface area (Å²) in [7, 11) is 1.53. The van der Waals surface area contributed by atoms with Crippen LogP contribution in [0.25, 0.3) is 0 Å². The number of carbonyl (C=O) groups excluding carboxylic acids is 1. The Morgan fingerprint density at radius 3 is 2.45 bits per heavy atom. The summed E-state index contributed by atoms with van der Waals surface area (Å²) in [5.41, 5.74) is 4.67. The number of methoxy groups -OCH3 is 1. The Labute approximate surface area is 209 Å². The van der Waals surface area contributed by atoms with E-state index in [-0.39, 0.29) is 12.5 Å². The maximum Gasteiger partial charge on any atom is 0.271 e. The van der Waals surface area contributed by atoms with Gasteiger partial charge in [0.05, 0.1) is 22.3 Å². The Kier molecular flexibility index (Phi) is 8.93. The molecule has 3 rings (SSSR count). The van der Waals surface area contributed by atoms with Crippen molar-refractivity contribution in [1.29, 1.82) is 0 Å². The van der Waals surface area contributed by atoms with Gasteiger partial charge in [-0.2, -0.15) is 5.10 Å². The number of halogens is 2. The topological polar surface area (TPSA) is 69.2 Å². The summed E-state index contributed by atoms with van der Waals surface area (Å²) in [6, 6.07) is 18.3. The minimum absolute atomic E-state index is 0.153. The van der Waals surface area contributed by atoms with E-state index in [0.29, 0.717) is 38.4 Å². The molecule has 3 aromatic rings. The van der Waals surface area contributed by atoms with Crippen LogP contribution in [0.1, 0.15) is 21.5 Å². The molecule has 0 bridgehead atoms. The Morgan fingerprint density at radius 1 is 1.06 bits per heavy atom. The first-order valence-electron chi connectivity index (χ1n) is 9.75. The quantitative estimate of drug-likeness (QED) is 0.207. The summed E-state index contributed by atoms with van der Waals surface area (Å²) in [6.07, 6.45) is 6.75. The molecule has 0 atom stereocenters. The zero-order chi connectivity index (χ0) is 23.6. The molecule has 0 heterocycles. The average Bonchev–Trinajstić information content (AvgIpc) is 2.82. The molecule has 6 nitrogen and oxygen atoms in total. The first-order chi connectivity index (χ1) is 16.0. The average molecular weight is 572 g/mol. The first-order valence-corrected chi connectivity index (χ1v) is 11.3. The molecule has 0 aliphatic rings. The van der Waals surface area contributed by atoms with E-state index in [0.717, 1.165) is 11.1 Å². The summed E-state index contributed by atoms with van der Waals surface area (Å²) in [5.74, 6) is 3.63. The van der Waals surface area contributed by atoms with Crippen molar-refractivity contribution < 1.29 is 19.0 Å². The van der Waals surface area contributed by atoms with E-state index >= 15 is 0 Å². The van der Waals surface area contributed by atoms with Crippen LogP contribution in [-0.2, 0) is 6.61 Å². The molecule has 1 amide bonds. The van der Waals surface area contributed by atoms with Crippen LogP contribution >= 0.6 is 31.9 Å². The van der Waals surface area contributed by atoms with Gasteiger partial charge in [-0.25, -0.2) is 5.43 Å². The maximum absolute atomic E-state index is 12.5. The van der Waals surface area contributed by atoms with Gasteiger partial charge in [0, 0.05) is 5.56 Å². The van der Waals surface area contributed by atoms with Gasteiger partial charge in [-0.05, 0) is 73.3 Å². The van der Waals surface area contributed by atoms with E-state index in [9.17, 15) is 4.79 Å². The Bertz CT molecular complexity index is 1170. The van der Waals surface area contributed by atoms with Crippen molar-refractivity contribution in [3.63, 3.8) is 0 Å². The van der Waals surface area contributed by atoms with E-state index in [1.54, 1.807) is 30.3 Å². The molecule has 1 N–H and O–H groups in total. The number of carbonyl (C=O) groups is 1. The molecule has 0 unspecified atom stereocenters. The third-order valence-electron chi connectivity index (χ3n) is 4.36. The number of hydrazone groups is 1. The lowest BCUT2D eigenvalue weighted by Crippen LogP contribution is -2.17. The highest BCUT2D eigenvalue weighted by molar-refractivity contribution is 9.11. The van der Waals surface area contributed by atoms with Crippen molar-refractivity contribution in [3.8, 4) is 29.6 Å². The van der Waals surface area contributed by atoms with Gasteiger partial charge in [-0.1, -0.05) is 36.3 Å². The Morgan fingerprint density at radius 2 is 1.79 bits per heavy atom. The van der Waals surface area contributed by atoms with Crippen LogP contribution in [-0.4, -0.2) is 25.8 Å². The van der Waals surface area contributed by atoms with Crippen molar-refractivity contribution in [1.82, 2.24) is 5.43 Å². The highest BCUT2D eigenvalue weighted by atomic mass is 79.9. The van der Waals surface area contributed by atoms with Crippen LogP contribution in [0.2, 0.25) is 0 Å². The summed E-state index contributed by atoms with van der Waals surface area (Å²) in [5, 5.41) is 4.03. The van der Waals surface area contributed by atoms with Crippen LogP contribution in [0.4, 0.5) is 0 Å². The predicted octanol–water partition coefficient (Wildman–Crippen LogP) is 5.58. The van der Waals surface area contributed by atoms with Crippen molar-refractivity contribution in [3.05, 3.63) is 86.3 Å². The number of ether oxygens (including phenoxy) is 3. The molecule has 168 valence electrons. The molecule has 33 heavy (non-hydrogen) atoms. The van der Waals surface area contributed by atoms with Gasteiger partial charge in [0.25, 0.3) is 5.91 Å². The van der Waals surface area contributed by atoms with Gasteiger partial charge < -0.3 is 14.2 Å².